The minimum atomic E-state index is -0.469. The number of urea groups is 1. The predicted octanol–water partition coefficient (Wildman–Crippen LogP) is 2.71. The molecule has 25 heavy (non-hydrogen) atoms. The predicted molar refractivity (Wildman–Crippen MR) is 98.1 cm³/mol. The van der Waals surface area contributed by atoms with Gasteiger partial charge in [-0.2, -0.15) is 0 Å². The van der Waals surface area contributed by atoms with Crippen molar-refractivity contribution in [3.63, 3.8) is 0 Å². The fraction of sp³-hybridized carbons (Fsp3) is 0.600. The zero-order valence-corrected chi connectivity index (χ0v) is 15.1. The van der Waals surface area contributed by atoms with Gasteiger partial charge in [0.05, 0.1) is 0 Å². The summed E-state index contributed by atoms with van der Waals surface area (Å²) < 4.78 is 0. The summed E-state index contributed by atoms with van der Waals surface area (Å²) in [7, 11) is 0. The molecule has 0 spiro atoms. The van der Waals surface area contributed by atoms with Gasteiger partial charge in [0.1, 0.15) is 6.04 Å². The van der Waals surface area contributed by atoms with E-state index in [2.05, 4.69) is 31.2 Å². The third-order valence-electron chi connectivity index (χ3n) is 5.71. The molecule has 5 nitrogen and oxygen atoms in total. The van der Waals surface area contributed by atoms with Crippen molar-refractivity contribution in [3.8, 4) is 0 Å². The van der Waals surface area contributed by atoms with Crippen molar-refractivity contribution in [2.45, 2.75) is 51.5 Å². The zero-order chi connectivity index (χ0) is 17.8. The van der Waals surface area contributed by atoms with E-state index in [1.165, 1.54) is 22.4 Å². The molecule has 1 aromatic carbocycles. The molecule has 136 valence electrons. The van der Waals surface area contributed by atoms with Gasteiger partial charge >= 0.3 is 6.03 Å². The second-order valence-electron chi connectivity index (χ2n) is 7.48. The zero-order valence-electron chi connectivity index (χ0n) is 15.1. The highest BCUT2D eigenvalue weighted by Crippen LogP contribution is 2.25. The molecule has 0 unspecified atom stereocenters. The van der Waals surface area contributed by atoms with E-state index in [0.717, 1.165) is 45.2 Å². The molecule has 2 aliphatic heterocycles. The first-order valence-corrected chi connectivity index (χ1v) is 9.45. The molecule has 5 heteroatoms. The first-order chi connectivity index (χ1) is 12.0. The third-order valence-corrected chi connectivity index (χ3v) is 5.71. The summed E-state index contributed by atoms with van der Waals surface area (Å²) in [6.07, 6.45) is 6.02. The number of benzene rings is 1. The molecular weight excluding hydrogens is 314 g/mol. The number of nitrogens with zero attached hydrogens (tertiary/aromatic N) is 2. The molecular formula is C20H29N3O2. The van der Waals surface area contributed by atoms with E-state index < -0.39 is 6.03 Å². The summed E-state index contributed by atoms with van der Waals surface area (Å²) in [4.78, 5) is 27.7. The molecule has 1 atom stereocenters. The lowest BCUT2D eigenvalue weighted by atomic mass is 9.90. The number of aryl methyl sites for hydroxylation is 2. The second kappa shape index (κ2) is 7.89. The van der Waals surface area contributed by atoms with Crippen molar-refractivity contribution in [1.29, 1.82) is 0 Å². The molecule has 2 saturated heterocycles. The van der Waals surface area contributed by atoms with E-state index in [1.807, 2.05) is 4.90 Å². The number of amides is 3. The maximum Gasteiger partial charge on any atom is 0.315 e. The van der Waals surface area contributed by atoms with E-state index in [9.17, 15) is 9.59 Å². The van der Waals surface area contributed by atoms with Gasteiger partial charge in [-0.25, -0.2) is 4.79 Å². The average molecular weight is 343 g/mol. The van der Waals surface area contributed by atoms with Crippen LogP contribution in [-0.4, -0.2) is 47.4 Å². The number of nitrogens with two attached hydrogens (primary N) is 1. The van der Waals surface area contributed by atoms with E-state index in [0.29, 0.717) is 12.5 Å². The van der Waals surface area contributed by atoms with Crippen LogP contribution < -0.4 is 5.73 Å². The highest BCUT2D eigenvalue weighted by Gasteiger charge is 2.36. The maximum atomic E-state index is 12.7. The lowest BCUT2D eigenvalue weighted by Crippen LogP contribution is -2.51. The van der Waals surface area contributed by atoms with Crippen LogP contribution in [-0.2, 0) is 11.2 Å². The smallest absolute Gasteiger partial charge is 0.315 e. The molecule has 1 aromatic rings. The van der Waals surface area contributed by atoms with Gasteiger partial charge in [-0.15, -0.1) is 0 Å². The summed E-state index contributed by atoms with van der Waals surface area (Å²) in [5.74, 6) is 0.773. The van der Waals surface area contributed by atoms with Crippen molar-refractivity contribution in [2.75, 3.05) is 19.6 Å². The van der Waals surface area contributed by atoms with Gasteiger partial charge in [-0.3, -0.25) is 4.79 Å². The molecule has 3 amide bonds. The van der Waals surface area contributed by atoms with Crippen molar-refractivity contribution >= 4 is 11.9 Å². The number of primary amides is 1. The Labute approximate surface area is 150 Å². The van der Waals surface area contributed by atoms with E-state index in [-0.39, 0.29) is 11.9 Å². The van der Waals surface area contributed by atoms with Crippen molar-refractivity contribution < 1.29 is 9.59 Å². The van der Waals surface area contributed by atoms with Crippen LogP contribution in [0.4, 0.5) is 4.79 Å². The minimum Gasteiger partial charge on any atom is -0.351 e. The van der Waals surface area contributed by atoms with Gasteiger partial charge in [0.25, 0.3) is 0 Å². The first kappa shape index (κ1) is 17.8. The van der Waals surface area contributed by atoms with Gasteiger partial charge in [-0.1, -0.05) is 29.8 Å². The van der Waals surface area contributed by atoms with E-state index in [1.54, 1.807) is 0 Å². The Morgan fingerprint density at radius 3 is 2.40 bits per heavy atom. The Balaban J connectivity index is 1.46. The summed E-state index contributed by atoms with van der Waals surface area (Å²) in [6.45, 7) is 4.33. The topological polar surface area (TPSA) is 66.6 Å². The van der Waals surface area contributed by atoms with Crippen LogP contribution in [0, 0.1) is 12.8 Å². The minimum absolute atomic E-state index is 0.0910. The van der Waals surface area contributed by atoms with Crippen LogP contribution in [0.15, 0.2) is 24.3 Å². The Bertz CT molecular complexity index is 606. The standard InChI is InChI=1S/C20H29N3O2/c1-15-4-6-16(7-5-15)8-9-17-10-13-22(14-11-17)19(24)18-3-2-12-23(18)20(21)25/h4-7,17-18H,2-3,8-14H2,1H3,(H2,21,25)/t18-/m0/s1. The summed E-state index contributed by atoms with van der Waals surface area (Å²) in [5.41, 5.74) is 8.09. The van der Waals surface area contributed by atoms with Gasteiger partial charge in [0.2, 0.25) is 5.91 Å². The molecule has 0 bridgehead atoms. The van der Waals surface area contributed by atoms with Crippen LogP contribution >= 0.6 is 0 Å². The number of likely N-dealkylation sites (tertiary alicyclic amines) is 2. The third kappa shape index (κ3) is 4.33. The van der Waals surface area contributed by atoms with E-state index >= 15 is 0 Å². The SMILES string of the molecule is Cc1ccc(CCC2CCN(C(=O)[C@@H]3CCCN3C(N)=O)CC2)cc1. The summed E-state index contributed by atoms with van der Waals surface area (Å²) in [5, 5.41) is 0. The molecule has 0 saturated carbocycles. The van der Waals surface area contributed by atoms with Gasteiger partial charge in [0, 0.05) is 19.6 Å². The Morgan fingerprint density at radius 1 is 1.08 bits per heavy atom. The number of carbonyl (C=O) groups excluding carboxylic acids is 2. The van der Waals surface area contributed by atoms with Crippen molar-refractivity contribution in [1.82, 2.24) is 9.80 Å². The van der Waals surface area contributed by atoms with Crippen LogP contribution in [0.25, 0.3) is 0 Å². The first-order valence-electron chi connectivity index (χ1n) is 9.45. The lowest BCUT2D eigenvalue weighted by Gasteiger charge is -2.35. The van der Waals surface area contributed by atoms with Crippen LogP contribution in [0.1, 0.15) is 43.2 Å². The van der Waals surface area contributed by atoms with Gasteiger partial charge < -0.3 is 15.5 Å². The number of piperidine rings is 1. The molecule has 2 fully saturated rings. The average Bonchev–Trinajstić information content (AvgIpc) is 3.11. The van der Waals surface area contributed by atoms with Gasteiger partial charge in [-0.05, 0) is 56.9 Å². The molecule has 0 aliphatic carbocycles. The molecule has 2 aliphatic rings. The quantitative estimate of drug-likeness (QED) is 0.913. The second-order valence-corrected chi connectivity index (χ2v) is 7.48. The monoisotopic (exact) mass is 343 g/mol. The summed E-state index contributed by atoms with van der Waals surface area (Å²) in [6, 6.07) is 7.97. The number of rotatable bonds is 4. The number of hydrogen-bond donors (Lipinski definition) is 1. The summed E-state index contributed by atoms with van der Waals surface area (Å²) >= 11 is 0. The number of hydrogen-bond acceptors (Lipinski definition) is 2. The molecule has 0 aromatic heterocycles. The van der Waals surface area contributed by atoms with Crippen molar-refractivity contribution in [2.24, 2.45) is 11.7 Å². The van der Waals surface area contributed by atoms with Crippen LogP contribution in [0.5, 0.6) is 0 Å². The highest BCUT2D eigenvalue weighted by molar-refractivity contribution is 5.87. The highest BCUT2D eigenvalue weighted by atomic mass is 16.2. The molecule has 2 heterocycles. The van der Waals surface area contributed by atoms with Crippen molar-refractivity contribution in [3.05, 3.63) is 35.4 Å². The lowest BCUT2D eigenvalue weighted by molar-refractivity contribution is -0.136. The maximum absolute atomic E-state index is 12.7. The largest absolute Gasteiger partial charge is 0.351 e. The normalized spacial score (nSPS) is 21.6. The number of carbonyl (C=O) groups is 2. The van der Waals surface area contributed by atoms with Crippen LogP contribution in [0.2, 0.25) is 0 Å². The van der Waals surface area contributed by atoms with Crippen LogP contribution in [0.3, 0.4) is 0 Å². The fourth-order valence-electron chi connectivity index (χ4n) is 4.07. The molecule has 2 N–H and O–H groups in total. The Kier molecular flexibility index (Phi) is 5.61. The Hall–Kier alpha value is -2.04. The van der Waals surface area contributed by atoms with E-state index in [4.69, 9.17) is 5.73 Å². The fourth-order valence-corrected chi connectivity index (χ4v) is 4.07. The molecule has 0 radical (unpaired) electrons. The Morgan fingerprint density at radius 2 is 1.76 bits per heavy atom. The van der Waals surface area contributed by atoms with Gasteiger partial charge in [0.15, 0.2) is 0 Å². The molecule has 3 rings (SSSR count).